The smallest absolute Gasteiger partial charge is 0.311 e. The molecule has 3 nitrogen and oxygen atoms in total. The number of halogens is 3. The van der Waals surface area contributed by atoms with Crippen molar-refractivity contribution in [2.75, 3.05) is 12.4 Å². The Bertz CT molecular complexity index is 1330. The number of carbonyl (C=O) groups is 1. The molecule has 3 aromatic carbocycles. The summed E-state index contributed by atoms with van der Waals surface area (Å²) in [7, 11) is 1.89. The molecule has 7 heteroatoms. The van der Waals surface area contributed by atoms with Gasteiger partial charge in [0, 0.05) is 23.9 Å². The Hall–Kier alpha value is -3.58. The Morgan fingerprint density at radius 3 is 2.28 bits per heavy atom. The van der Waals surface area contributed by atoms with E-state index in [9.17, 15) is 18.0 Å². The lowest BCUT2D eigenvalue weighted by atomic mass is 10.00. The zero-order valence-corrected chi connectivity index (χ0v) is 20.6. The van der Waals surface area contributed by atoms with Crippen LogP contribution in [0.25, 0.3) is 21.6 Å². The average Bonchev–Trinajstić information content (AvgIpc) is 3.36. The lowest BCUT2D eigenvalue weighted by Crippen LogP contribution is -2.07. The number of rotatable bonds is 10. The predicted molar refractivity (Wildman–Crippen MR) is 139 cm³/mol. The Labute approximate surface area is 212 Å². The van der Waals surface area contributed by atoms with Gasteiger partial charge in [-0.15, -0.1) is 11.3 Å². The highest BCUT2D eigenvalue weighted by atomic mass is 32.1. The fraction of sp³-hybridized carbons (Fsp3) is 0.207. The van der Waals surface area contributed by atoms with Crippen molar-refractivity contribution in [1.29, 1.82) is 0 Å². The van der Waals surface area contributed by atoms with Crippen LogP contribution in [0, 0.1) is 17.5 Å². The van der Waals surface area contributed by atoms with Gasteiger partial charge in [0.25, 0.3) is 0 Å². The van der Waals surface area contributed by atoms with Crippen LogP contribution in [0.4, 0.5) is 18.2 Å². The molecule has 1 heterocycles. The number of ether oxygens (including phenoxy) is 1. The maximum atomic E-state index is 14.5. The number of aryl methyl sites for hydroxylation is 1. The van der Waals surface area contributed by atoms with Gasteiger partial charge in [-0.05, 0) is 90.6 Å². The maximum absolute atomic E-state index is 14.5. The molecule has 1 aromatic heterocycles. The highest BCUT2D eigenvalue weighted by Crippen LogP contribution is 2.32. The van der Waals surface area contributed by atoms with Gasteiger partial charge in [-0.3, -0.25) is 4.79 Å². The van der Waals surface area contributed by atoms with Gasteiger partial charge < -0.3 is 10.1 Å². The van der Waals surface area contributed by atoms with Crippen molar-refractivity contribution in [1.82, 2.24) is 0 Å². The van der Waals surface area contributed by atoms with Gasteiger partial charge in [0.1, 0.15) is 11.6 Å². The third kappa shape index (κ3) is 6.55. The van der Waals surface area contributed by atoms with E-state index in [1.165, 1.54) is 12.1 Å². The van der Waals surface area contributed by atoms with E-state index >= 15 is 0 Å². The number of esters is 1. The predicted octanol–water partition coefficient (Wildman–Crippen LogP) is 8.25. The highest BCUT2D eigenvalue weighted by Gasteiger charge is 2.10. The van der Waals surface area contributed by atoms with Crippen LogP contribution in [0.15, 0.2) is 72.8 Å². The van der Waals surface area contributed by atoms with Gasteiger partial charge in [-0.25, -0.2) is 13.2 Å². The van der Waals surface area contributed by atoms with Gasteiger partial charge >= 0.3 is 5.97 Å². The standard InChI is InChI=1S/C29H26F3NO2S/c1-33-28-16-15-27(36-28)20-8-11-22(12-9-20)35-29(34)6-4-2-3-5-19-7-13-23(25(31)17-19)21-10-14-24(30)26(32)18-21/h7-18,33H,2-6H2,1H3. The summed E-state index contributed by atoms with van der Waals surface area (Å²) in [4.78, 5) is 13.3. The van der Waals surface area contributed by atoms with Crippen molar-refractivity contribution in [2.45, 2.75) is 32.1 Å². The molecule has 0 spiro atoms. The van der Waals surface area contributed by atoms with E-state index in [1.807, 2.05) is 31.3 Å². The Morgan fingerprint density at radius 2 is 1.58 bits per heavy atom. The minimum absolute atomic E-state index is 0.228. The summed E-state index contributed by atoms with van der Waals surface area (Å²) in [6.45, 7) is 0. The average molecular weight is 510 g/mol. The second kappa shape index (κ2) is 11.9. The number of hydrogen-bond acceptors (Lipinski definition) is 4. The summed E-state index contributed by atoms with van der Waals surface area (Å²) < 4.78 is 46.5. The van der Waals surface area contributed by atoms with E-state index in [0.717, 1.165) is 46.0 Å². The zero-order chi connectivity index (χ0) is 25.5. The van der Waals surface area contributed by atoms with Crippen LogP contribution in [0.5, 0.6) is 5.75 Å². The molecule has 0 bridgehead atoms. The van der Waals surface area contributed by atoms with Crippen molar-refractivity contribution in [3.05, 3.63) is 95.8 Å². The summed E-state index contributed by atoms with van der Waals surface area (Å²) >= 11 is 1.66. The van der Waals surface area contributed by atoms with E-state index in [2.05, 4.69) is 5.32 Å². The van der Waals surface area contributed by atoms with Gasteiger partial charge in [0.2, 0.25) is 0 Å². The van der Waals surface area contributed by atoms with Crippen molar-refractivity contribution < 1.29 is 22.7 Å². The SMILES string of the molecule is CNc1ccc(-c2ccc(OC(=O)CCCCCc3ccc(-c4ccc(F)c(F)c4)c(F)c3)cc2)s1. The van der Waals surface area contributed by atoms with Gasteiger partial charge in [0.15, 0.2) is 11.6 Å². The van der Waals surface area contributed by atoms with E-state index in [1.54, 1.807) is 35.6 Å². The molecule has 0 radical (unpaired) electrons. The number of anilines is 1. The number of nitrogens with one attached hydrogen (secondary N) is 1. The summed E-state index contributed by atoms with van der Waals surface area (Å²) in [6, 6.07) is 19.7. The molecule has 0 amide bonds. The fourth-order valence-corrected chi connectivity index (χ4v) is 4.75. The summed E-state index contributed by atoms with van der Waals surface area (Å²) in [6.07, 6.45) is 3.23. The molecule has 4 aromatic rings. The molecular weight excluding hydrogens is 483 g/mol. The normalized spacial score (nSPS) is 10.9. The molecule has 0 aliphatic carbocycles. The molecule has 0 atom stereocenters. The molecule has 0 unspecified atom stereocenters. The highest BCUT2D eigenvalue weighted by molar-refractivity contribution is 7.19. The summed E-state index contributed by atoms with van der Waals surface area (Å²) in [5, 5.41) is 4.20. The van der Waals surface area contributed by atoms with Gasteiger partial charge in [-0.1, -0.05) is 24.6 Å². The molecule has 0 aliphatic heterocycles. The van der Waals surface area contributed by atoms with E-state index < -0.39 is 17.5 Å². The Morgan fingerprint density at radius 1 is 0.806 bits per heavy atom. The van der Waals surface area contributed by atoms with Gasteiger partial charge in [-0.2, -0.15) is 0 Å². The molecule has 36 heavy (non-hydrogen) atoms. The first-order valence-electron chi connectivity index (χ1n) is 11.8. The van der Waals surface area contributed by atoms with Crippen LogP contribution in [-0.2, 0) is 11.2 Å². The largest absolute Gasteiger partial charge is 0.427 e. The first kappa shape index (κ1) is 25.5. The van der Waals surface area contributed by atoms with E-state index in [4.69, 9.17) is 4.74 Å². The number of thiophene rings is 1. The monoisotopic (exact) mass is 509 g/mol. The zero-order valence-electron chi connectivity index (χ0n) is 19.8. The molecule has 186 valence electrons. The molecule has 0 saturated carbocycles. The molecule has 0 aliphatic rings. The molecule has 1 N–H and O–H groups in total. The third-order valence-electron chi connectivity index (χ3n) is 5.83. The number of unbranched alkanes of at least 4 members (excludes halogenated alkanes) is 2. The van der Waals surface area contributed by atoms with Crippen LogP contribution < -0.4 is 10.1 Å². The molecular formula is C29H26F3NO2S. The lowest BCUT2D eigenvalue weighted by molar-refractivity contribution is -0.134. The minimum Gasteiger partial charge on any atom is -0.427 e. The molecule has 4 rings (SSSR count). The topological polar surface area (TPSA) is 38.3 Å². The van der Waals surface area contributed by atoms with E-state index in [0.29, 0.717) is 30.6 Å². The first-order chi connectivity index (χ1) is 17.4. The number of benzene rings is 3. The van der Waals surface area contributed by atoms with Crippen LogP contribution in [-0.4, -0.2) is 13.0 Å². The lowest BCUT2D eigenvalue weighted by Gasteiger charge is -2.08. The van der Waals surface area contributed by atoms with Crippen LogP contribution in [0.3, 0.4) is 0 Å². The Kier molecular flexibility index (Phi) is 8.44. The summed E-state index contributed by atoms with van der Waals surface area (Å²) in [5.74, 6) is -2.21. The fourth-order valence-electron chi connectivity index (χ4n) is 3.88. The molecule has 0 saturated heterocycles. The summed E-state index contributed by atoms with van der Waals surface area (Å²) in [5.41, 5.74) is 2.40. The number of carbonyl (C=O) groups excluding carboxylic acids is 1. The van der Waals surface area contributed by atoms with Crippen molar-refractivity contribution >= 4 is 22.3 Å². The van der Waals surface area contributed by atoms with Crippen LogP contribution in [0.1, 0.15) is 31.2 Å². The minimum atomic E-state index is -1.01. The van der Waals surface area contributed by atoms with E-state index in [-0.39, 0.29) is 11.5 Å². The Balaban J connectivity index is 1.19. The quantitative estimate of drug-likeness (QED) is 0.133. The van der Waals surface area contributed by atoms with Crippen molar-refractivity contribution in [2.24, 2.45) is 0 Å². The third-order valence-corrected chi connectivity index (χ3v) is 6.99. The second-order valence-corrected chi connectivity index (χ2v) is 9.50. The van der Waals surface area contributed by atoms with Crippen LogP contribution in [0.2, 0.25) is 0 Å². The van der Waals surface area contributed by atoms with Crippen molar-refractivity contribution in [3.8, 4) is 27.3 Å². The second-order valence-electron chi connectivity index (χ2n) is 8.42. The maximum Gasteiger partial charge on any atom is 0.311 e. The van der Waals surface area contributed by atoms with Gasteiger partial charge in [0.05, 0.1) is 5.00 Å². The first-order valence-corrected chi connectivity index (χ1v) is 12.6. The molecule has 0 fully saturated rings. The number of hydrogen-bond donors (Lipinski definition) is 1. The van der Waals surface area contributed by atoms with Crippen molar-refractivity contribution in [3.63, 3.8) is 0 Å². The van der Waals surface area contributed by atoms with Crippen LogP contribution >= 0.6 is 11.3 Å².